The third kappa shape index (κ3) is 2.87. The summed E-state index contributed by atoms with van der Waals surface area (Å²) < 4.78 is 0. The molecule has 0 atom stereocenters. The van der Waals surface area contributed by atoms with Crippen LogP contribution in [-0.2, 0) is 12.8 Å². The molecule has 1 aliphatic heterocycles. The van der Waals surface area contributed by atoms with Crippen LogP contribution in [0.5, 0.6) is 5.75 Å². The number of nitrogens with zero attached hydrogens (tertiary/aromatic N) is 2. The molecule has 0 aromatic heterocycles. The first-order chi connectivity index (χ1) is 10.9. The van der Waals surface area contributed by atoms with Gasteiger partial charge in [0.05, 0.1) is 0 Å². The Bertz CT molecular complexity index is 595. The predicted octanol–water partition coefficient (Wildman–Crippen LogP) is 2.77. The van der Waals surface area contributed by atoms with Crippen molar-refractivity contribution >= 4 is 0 Å². The van der Waals surface area contributed by atoms with Crippen LogP contribution in [-0.4, -0.2) is 42.2 Å². The Hall–Kier alpha value is -1.84. The zero-order valence-electron chi connectivity index (χ0n) is 12.8. The molecule has 0 radical (unpaired) electrons. The number of hydrogen-bond acceptors (Lipinski definition) is 3. The first kappa shape index (κ1) is 13.8. The number of piperazine rings is 1. The summed E-state index contributed by atoms with van der Waals surface area (Å²) in [6.45, 7) is 4.13. The molecule has 0 saturated carbocycles. The van der Waals surface area contributed by atoms with E-state index >= 15 is 0 Å². The van der Waals surface area contributed by atoms with Gasteiger partial charge in [0, 0.05) is 32.2 Å². The number of para-hydroxylation sites is 1. The number of hydrogen-bond donors (Lipinski definition) is 0. The molecule has 2 aromatic carbocycles. The van der Waals surface area contributed by atoms with Crippen LogP contribution < -0.4 is 4.84 Å². The van der Waals surface area contributed by atoms with Crippen molar-refractivity contribution in [2.45, 2.75) is 18.9 Å². The number of benzene rings is 2. The van der Waals surface area contributed by atoms with Crippen molar-refractivity contribution in [2.75, 3.05) is 26.2 Å². The fraction of sp³-hybridized carbons (Fsp3) is 0.368. The Balaban J connectivity index is 1.32. The Labute approximate surface area is 132 Å². The van der Waals surface area contributed by atoms with Crippen molar-refractivity contribution in [3.63, 3.8) is 0 Å². The van der Waals surface area contributed by atoms with Crippen LogP contribution in [0.25, 0.3) is 0 Å². The highest BCUT2D eigenvalue weighted by atomic mass is 16.7. The van der Waals surface area contributed by atoms with E-state index in [-0.39, 0.29) is 0 Å². The SMILES string of the molecule is c1ccc(ON2CCN(C3Cc4ccccc4C3)CC2)cc1. The summed E-state index contributed by atoms with van der Waals surface area (Å²) in [5.74, 6) is 0.934. The maximum atomic E-state index is 5.93. The molecule has 3 nitrogen and oxygen atoms in total. The zero-order valence-corrected chi connectivity index (χ0v) is 12.8. The first-order valence-corrected chi connectivity index (χ1v) is 8.17. The van der Waals surface area contributed by atoms with E-state index in [0.717, 1.165) is 31.9 Å². The molecule has 1 aliphatic carbocycles. The summed E-state index contributed by atoms with van der Waals surface area (Å²) >= 11 is 0. The van der Waals surface area contributed by atoms with Crippen molar-refractivity contribution in [1.82, 2.24) is 9.96 Å². The Morgan fingerprint density at radius 1 is 0.727 bits per heavy atom. The summed E-state index contributed by atoms with van der Waals surface area (Å²) in [4.78, 5) is 8.56. The van der Waals surface area contributed by atoms with Crippen LogP contribution in [0.15, 0.2) is 54.6 Å². The highest BCUT2D eigenvalue weighted by Gasteiger charge is 2.29. The molecular weight excluding hydrogens is 272 g/mol. The van der Waals surface area contributed by atoms with Crippen LogP contribution in [0.4, 0.5) is 0 Å². The van der Waals surface area contributed by atoms with Crippen molar-refractivity contribution < 1.29 is 4.84 Å². The minimum absolute atomic E-state index is 0.677. The van der Waals surface area contributed by atoms with Crippen molar-refractivity contribution in [1.29, 1.82) is 0 Å². The molecule has 0 unspecified atom stereocenters. The molecule has 1 fully saturated rings. The van der Waals surface area contributed by atoms with E-state index in [4.69, 9.17) is 4.84 Å². The largest absolute Gasteiger partial charge is 0.406 e. The van der Waals surface area contributed by atoms with E-state index in [1.54, 1.807) is 0 Å². The van der Waals surface area contributed by atoms with E-state index in [1.807, 2.05) is 30.3 Å². The van der Waals surface area contributed by atoms with Gasteiger partial charge in [-0.05, 0) is 36.1 Å². The van der Waals surface area contributed by atoms with E-state index in [0.29, 0.717) is 6.04 Å². The van der Waals surface area contributed by atoms with Crippen LogP contribution in [0.1, 0.15) is 11.1 Å². The maximum Gasteiger partial charge on any atom is 0.147 e. The summed E-state index contributed by atoms with van der Waals surface area (Å²) in [5, 5.41) is 2.09. The van der Waals surface area contributed by atoms with Crippen molar-refractivity contribution in [2.24, 2.45) is 0 Å². The number of fused-ring (bicyclic) bond motifs is 1. The molecule has 2 aromatic rings. The van der Waals surface area contributed by atoms with Crippen LogP contribution in [0.3, 0.4) is 0 Å². The third-order valence-corrected chi connectivity index (χ3v) is 4.80. The highest BCUT2D eigenvalue weighted by molar-refractivity contribution is 5.33. The average molecular weight is 294 g/mol. The van der Waals surface area contributed by atoms with Gasteiger partial charge in [0.25, 0.3) is 0 Å². The van der Waals surface area contributed by atoms with Crippen LogP contribution >= 0.6 is 0 Å². The molecule has 2 aliphatic rings. The second-order valence-corrected chi connectivity index (χ2v) is 6.20. The minimum Gasteiger partial charge on any atom is -0.406 e. The van der Waals surface area contributed by atoms with Crippen LogP contribution in [0.2, 0.25) is 0 Å². The number of rotatable bonds is 3. The van der Waals surface area contributed by atoms with Gasteiger partial charge in [-0.3, -0.25) is 4.90 Å². The van der Waals surface area contributed by atoms with Gasteiger partial charge in [-0.1, -0.05) is 42.5 Å². The smallest absolute Gasteiger partial charge is 0.147 e. The van der Waals surface area contributed by atoms with Gasteiger partial charge >= 0.3 is 0 Å². The fourth-order valence-electron chi connectivity index (χ4n) is 3.58. The summed E-state index contributed by atoms with van der Waals surface area (Å²) in [6, 6.07) is 19.6. The fourth-order valence-corrected chi connectivity index (χ4v) is 3.58. The first-order valence-electron chi connectivity index (χ1n) is 8.17. The molecule has 1 heterocycles. The van der Waals surface area contributed by atoms with E-state index in [1.165, 1.54) is 24.0 Å². The van der Waals surface area contributed by atoms with Gasteiger partial charge < -0.3 is 4.84 Å². The maximum absolute atomic E-state index is 5.93. The van der Waals surface area contributed by atoms with Crippen molar-refractivity contribution in [3.8, 4) is 5.75 Å². The lowest BCUT2D eigenvalue weighted by molar-refractivity contribution is -0.0937. The molecule has 22 heavy (non-hydrogen) atoms. The Morgan fingerprint density at radius 3 is 1.95 bits per heavy atom. The van der Waals surface area contributed by atoms with Crippen molar-refractivity contribution in [3.05, 3.63) is 65.7 Å². The standard InChI is InChI=1S/C19H22N2O/c1-2-8-19(9-3-1)22-21-12-10-20(11-13-21)18-14-16-6-4-5-7-17(16)15-18/h1-9,18H,10-15H2. The number of hydroxylamine groups is 2. The summed E-state index contributed by atoms with van der Waals surface area (Å²) in [7, 11) is 0. The molecule has 0 bridgehead atoms. The quantitative estimate of drug-likeness (QED) is 0.866. The predicted molar refractivity (Wildman–Crippen MR) is 87.9 cm³/mol. The second-order valence-electron chi connectivity index (χ2n) is 6.20. The molecule has 114 valence electrons. The Kier molecular flexibility index (Phi) is 3.83. The molecular formula is C19H22N2O. The summed E-state index contributed by atoms with van der Waals surface area (Å²) in [6.07, 6.45) is 2.41. The normalized spacial score (nSPS) is 20.0. The minimum atomic E-state index is 0.677. The average Bonchev–Trinajstić information content (AvgIpc) is 3.00. The van der Waals surface area contributed by atoms with E-state index in [2.05, 4.69) is 34.2 Å². The van der Waals surface area contributed by atoms with Gasteiger partial charge in [0.1, 0.15) is 5.75 Å². The van der Waals surface area contributed by atoms with E-state index in [9.17, 15) is 0 Å². The lowest BCUT2D eigenvalue weighted by Crippen LogP contribution is -2.51. The van der Waals surface area contributed by atoms with Gasteiger partial charge in [-0.2, -0.15) is 0 Å². The topological polar surface area (TPSA) is 15.7 Å². The zero-order chi connectivity index (χ0) is 14.8. The monoisotopic (exact) mass is 294 g/mol. The van der Waals surface area contributed by atoms with Gasteiger partial charge in [0.15, 0.2) is 0 Å². The third-order valence-electron chi connectivity index (χ3n) is 4.80. The molecule has 3 heteroatoms. The summed E-state index contributed by atoms with van der Waals surface area (Å²) in [5.41, 5.74) is 3.07. The lowest BCUT2D eigenvalue weighted by Gasteiger charge is -2.37. The van der Waals surface area contributed by atoms with Gasteiger partial charge in [-0.15, -0.1) is 5.06 Å². The molecule has 1 saturated heterocycles. The highest BCUT2D eigenvalue weighted by Crippen LogP contribution is 2.26. The van der Waals surface area contributed by atoms with Crippen LogP contribution in [0, 0.1) is 0 Å². The Morgan fingerprint density at radius 2 is 1.32 bits per heavy atom. The van der Waals surface area contributed by atoms with Gasteiger partial charge in [-0.25, -0.2) is 0 Å². The molecule has 4 rings (SSSR count). The van der Waals surface area contributed by atoms with E-state index < -0.39 is 0 Å². The molecule has 0 spiro atoms. The second kappa shape index (κ2) is 6.11. The van der Waals surface area contributed by atoms with Gasteiger partial charge in [0.2, 0.25) is 0 Å². The molecule has 0 N–H and O–H groups in total. The lowest BCUT2D eigenvalue weighted by atomic mass is 10.1. The molecule has 0 amide bonds.